The Morgan fingerprint density at radius 2 is 0.770 bits per heavy atom. The number of carbonyl (C=O) groups excluding carboxylic acids is 16. The molecular weight excluding hydrogens is 1690 g/mol. The normalized spacial score (nSPS) is 15.0. The lowest BCUT2D eigenvalue weighted by atomic mass is 10.00. The Labute approximate surface area is 714 Å². The van der Waals surface area contributed by atoms with E-state index in [9.17, 15) is 155 Å². The molecule has 0 aliphatic heterocycles. The van der Waals surface area contributed by atoms with E-state index < -0.39 is 317 Å². The Hall–Kier alpha value is -13.6. The van der Waals surface area contributed by atoms with E-state index in [-0.39, 0.29) is 23.4 Å². The van der Waals surface area contributed by atoms with Gasteiger partial charge in [0.1, 0.15) is 96.9 Å². The fourth-order valence-corrected chi connectivity index (χ4v) is 11.4. The SMILES string of the molecule is CC(C)C[C@H](NC(=O)[C@H](Cc1ccc(O)cc1)NC(=O)[C@H](CO)NC(=O)[C@H](CO)NC(=O)[C@@H](NC(=O)[C@H](CC(=O)O)NC(=O)[C@H](CO)NC(=O)[C@@H](NC(=O)[C@H](Cc1ccccc1)NC(=O)[C@@H](NC(=O)CNC(=O)[C@H](CCC(=O)O)NC(=O)[C@H](C)NC(=O)[C@H](Cc1c[nH]cn1)NC(=O)C(F)(F)F)[C@@H](C)O)[C@@H](C)O)C(C)C)C(=O)N[C@@H](CCC(=O)O)C(=O)NCC(=O)O. The Kier molecular flexibility index (Phi) is 44.1. The van der Waals surface area contributed by atoms with Crippen LogP contribution < -0.4 is 85.1 Å². The number of aromatic nitrogens is 2. The standard InChI is InChI=1S/C75H105F3N18O30/c1-33(2)21-44(64(116)85-43(18-20-54(106)107)62(114)81-28-56(110)111)86-65(117)45(23-39-13-15-41(102)16-14-39)87-68(120)49(29-97)90-70(122)51(31-99)91-71(123)57(34(3)4)95-67(119)48(25-55(108)109)88-69(121)50(30-98)92-73(125)59(37(7)101)96-66(118)46(22-38-11-9-8-10-12-38)89-72(124)58(36(6)100)94-52(103)27-80-61(113)42(17-19-53(104)105)84-60(112)35(5)83-63(115)47(24-40-26-79-32-82-40)93-74(126)75(76,77)78/h8-16,26,32-37,42-51,57-59,97-102H,17-25,27-31H2,1-7H3,(H,79,82)(H,80,113)(H,81,114)(H,83,115)(H,84,112)(H,85,116)(H,86,117)(H,87,120)(H,88,121)(H,89,124)(H,90,122)(H,91,123)(H,92,125)(H,93,126)(H,94,103)(H,95,119)(H,96,118)(H,104,105)(H,106,107)(H,108,109)(H,110,111)/t35-,36+,37+,42-,43-,44-,45-,46-,47-,48-,49-,50-,51-,57-,58-,59-/m0/s1. The van der Waals surface area contributed by atoms with Gasteiger partial charge in [0.2, 0.25) is 88.6 Å². The van der Waals surface area contributed by atoms with Gasteiger partial charge >= 0.3 is 36.0 Å². The molecule has 0 aliphatic rings. The number of amides is 16. The van der Waals surface area contributed by atoms with Crippen molar-refractivity contribution in [1.29, 1.82) is 0 Å². The summed E-state index contributed by atoms with van der Waals surface area (Å²) in [7, 11) is 0. The number of H-pyrrole nitrogens is 1. The maximum atomic E-state index is 14.3. The molecule has 16 amide bonds. The molecule has 48 nitrogen and oxygen atoms in total. The van der Waals surface area contributed by atoms with Crippen molar-refractivity contribution in [2.45, 2.75) is 209 Å². The highest BCUT2D eigenvalue weighted by Crippen LogP contribution is 2.18. The van der Waals surface area contributed by atoms with Crippen molar-refractivity contribution in [3.8, 4) is 5.75 Å². The summed E-state index contributed by atoms with van der Waals surface area (Å²) in [4.78, 5) is 271. The topological polar surface area (TPSA) is 765 Å². The van der Waals surface area contributed by atoms with Gasteiger partial charge in [-0.3, -0.25) is 95.9 Å². The van der Waals surface area contributed by atoms with Crippen molar-refractivity contribution in [2.24, 2.45) is 11.8 Å². The van der Waals surface area contributed by atoms with Gasteiger partial charge in [-0.1, -0.05) is 70.2 Å². The van der Waals surface area contributed by atoms with E-state index in [2.05, 4.69) is 73.8 Å². The summed E-state index contributed by atoms with van der Waals surface area (Å²) in [6.07, 6.45) is -12.6. The van der Waals surface area contributed by atoms with Crippen LogP contribution in [0.15, 0.2) is 67.1 Å². The number of aliphatic hydroxyl groups is 5. The van der Waals surface area contributed by atoms with Gasteiger partial charge in [-0.2, -0.15) is 13.2 Å². The number of aliphatic hydroxyl groups excluding tert-OH is 5. The highest BCUT2D eigenvalue weighted by Gasteiger charge is 2.43. The first-order chi connectivity index (χ1) is 59.0. The largest absolute Gasteiger partial charge is 0.508 e. The number of carboxylic acid groups (broad SMARTS) is 4. The molecule has 0 spiro atoms. The molecule has 696 valence electrons. The zero-order chi connectivity index (χ0) is 95.2. The van der Waals surface area contributed by atoms with Crippen molar-refractivity contribution < 1.29 is 160 Å². The summed E-state index contributed by atoms with van der Waals surface area (Å²) in [5.74, 6) is -29.8. The molecule has 0 fully saturated rings. The Morgan fingerprint density at radius 1 is 0.389 bits per heavy atom. The van der Waals surface area contributed by atoms with E-state index in [4.69, 9.17) is 5.11 Å². The highest BCUT2D eigenvalue weighted by molar-refractivity contribution is 6.02. The van der Waals surface area contributed by atoms with Crippen LogP contribution in [0.1, 0.15) is 104 Å². The Balaban J connectivity index is 1.80. The first-order valence-electron chi connectivity index (χ1n) is 38.7. The summed E-state index contributed by atoms with van der Waals surface area (Å²) in [6, 6.07) is -14.1. The molecule has 51 heteroatoms. The molecule has 27 N–H and O–H groups in total. The number of phenols is 1. The molecule has 0 saturated heterocycles. The number of imidazole rings is 1. The first-order valence-corrected chi connectivity index (χ1v) is 38.7. The van der Waals surface area contributed by atoms with E-state index in [1.807, 2.05) is 16.0 Å². The third-order valence-electron chi connectivity index (χ3n) is 18.1. The second-order valence-corrected chi connectivity index (χ2v) is 29.3. The van der Waals surface area contributed by atoms with Crippen LogP contribution in [0, 0.1) is 11.8 Å². The third kappa shape index (κ3) is 37.6. The second kappa shape index (κ2) is 52.2. The molecule has 3 rings (SSSR count). The fraction of sp³-hybridized carbons (Fsp3) is 0.533. The zero-order valence-electron chi connectivity index (χ0n) is 68.9. The molecule has 16 atom stereocenters. The van der Waals surface area contributed by atoms with Crippen LogP contribution in [0.25, 0.3) is 0 Å². The molecule has 0 aliphatic carbocycles. The molecule has 1 aromatic heterocycles. The second-order valence-electron chi connectivity index (χ2n) is 29.3. The number of aromatic hydroxyl groups is 1. The number of carboxylic acids is 4. The lowest BCUT2D eigenvalue weighted by Crippen LogP contribution is -2.63. The monoisotopic (exact) mass is 1790 g/mol. The van der Waals surface area contributed by atoms with Crippen molar-refractivity contribution >= 4 is 118 Å². The van der Waals surface area contributed by atoms with Gasteiger partial charge in [0.05, 0.1) is 57.0 Å². The van der Waals surface area contributed by atoms with Gasteiger partial charge < -0.3 is 141 Å². The van der Waals surface area contributed by atoms with Crippen LogP contribution in [0.4, 0.5) is 13.2 Å². The summed E-state index contributed by atoms with van der Waals surface area (Å²) < 4.78 is 39.6. The van der Waals surface area contributed by atoms with Gasteiger partial charge in [-0.05, 0) is 75.1 Å². The Bertz CT molecular complexity index is 4300. The van der Waals surface area contributed by atoms with Crippen molar-refractivity contribution in [2.75, 3.05) is 32.9 Å². The minimum atomic E-state index is -5.45. The number of hydrogen-bond acceptors (Lipinski definition) is 27. The average molecular weight is 1800 g/mol. The number of halogens is 3. The van der Waals surface area contributed by atoms with E-state index in [0.29, 0.717) is 5.56 Å². The number of alkyl halides is 3. The van der Waals surface area contributed by atoms with Crippen LogP contribution in [-0.4, -0.2) is 315 Å². The molecule has 0 bridgehead atoms. The van der Waals surface area contributed by atoms with Crippen LogP contribution in [0.3, 0.4) is 0 Å². The molecule has 0 radical (unpaired) electrons. The van der Waals surface area contributed by atoms with E-state index in [0.717, 1.165) is 27.1 Å². The predicted octanol–water partition coefficient (Wildman–Crippen LogP) is -9.53. The highest BCUT2D eigenvalue weighted by atomic mass is 19.4. The minimum absolute atomic E-state index is 0.00697. The number of rotatable bonds is 54. The number of nitrogens with one attached hydrogen (secondary N) is 17. The van der Waals surface area contributed by atoms with E-state index in [1.165, 1.54) is 73.9 Å². The fourth-order valence-electron chi connectivity index (χ4n) is 11.4. The summed E-state index contributed by atoms with van der Waals surface area (Å²) in [5, 5.41) is 134. The zero-order valence-corrected chi connectivity index (χ0v) is 68.9. The number of nitrogens with zero attached hydrogens (tertiary/aromatic N) is 1. The lowest BCUT2D eigenvalue weighted by molar-refractivity contribution is -0.174. The molecule has 0 saturated carbocycles. The average Bonchev–Trinajstić information content (AvgIpc) is 1.25. The minimum Gasteiger partial charge on any atom is -0.508 e. The molecule has 2 aromatic carbocycles. The molecule has 3 aromatic rings. The van der Waals surface area contributed by atoms with E-state index >= 15 is 0 Å². The van der Waals surface area contributed by atoms with Crippen LogP contribution >= 0.6 is 0 Å². The third-order valence-corrected chi connectivity index (χ3v) is 18.1. The molecule has 0 unspecified atom stereocenters. The maximum Gasteiger partial charge on any atom is 0.471 e. The molecule has 1 heterocycles. The quantitative estimate of drug-likeness (QED) is 0.0250. The summed E-state index contributed by atoms with van der Waals surface area (Å²) in [6.45, 7) is 2.93. The van der Waals surface area contributed by atoms with Crippen LogP contribution in [-0.2, 0) is 115 Å². The number of benzene rings is 2. The van der Waals surface area contributed by atoms with Crippen molar-refractivity contribution in [3.63, 3.8) is 0 Å². The predicted molar refractivity (Wildman–Crippen MR) is 422 cm³/mol. The lowest BCUT2D eigenvalue weighted by Gasteiger charge is -2.29. The van der Waals surface area contributed by atoms with Crippen LogP contribution in [0.2, 0.25) is 0 Å². The smallest absolute Gasteiger partial charge is 0.471 e. The molecular formula is C75H105F3N18O30. The van der Waals surface area contributed by atoms with Crippen molar-refractivity contribution in [1.82, 2.24) is 95.0 Å². The first kappa shape index (κ1) is 107. The number of aromatic amines is 1. The maximum absolute atomic E-state index is 14.3. The number of carbonyl (C=O) groups is 20. The molecule has 126 heavy (non-hydrogen) atoms. The van der Waals surface area contributed by atoms with E-state index in [1.54, 1.807) is 19.9 Å². The summed E-state index contributed by atoms with van der Waals surface area (Å²) >= 11 is 0. The van der Waals surface area contributed by atoms with Crippen LogP contribution in [0.5, 0.6) is 5.75 Å². The van der Waals surface area contributed by atoms with Gasteiger partial charge in [-0.25, -0.2) is 4.98 Å². The van der Waals surface area contributed by atoms with Gasteiger partial charge in [0, 0.05) is 38.3 Å². The Morgan fingerprint density at radius 3 is 1.21 bits per heavy atom. The number of hydrogen-bond donors (Lipinski definition) is 27. The van der Waals surface area contributed by atoms with Gasteiger partial charge in [-0.15, -0.1) is 0 Å². The van der Waals surface area contributed by atoms with Gasteiger partial charge in [0.25, 0.3) is 0 Å². The summed E-state index contributed by atoms with van der Waals surface area (Å²) in [5.41, 5.74) is 0.569. The van der Waals surface area contributed by atoms with Gasteiger partial charge in [0.15, 0.2) is 0 Å². The van der Waals surface area contributed by atoms with Crippen molar-refractivity contribution in [3.05, 3.63) is 83.9 Å². The number of phenolic OH excluding ortho intramolecular Hbond substituents is 1. The number of aliphatic carboxylic acids is 4.